The molecule has 208 valence electrons. The van der Waals surface area contributed by atoms with Gasteiger partial charge in [-0.25, -0.2) is 4.79 Å². The molecule has 38 heavy (non-hydrogen) atoms. The zero-order valence-corrected chi connectivity index (χ0v) is 24.2. The normalized spacial score (nSPS) is 14.1. The van der Waals surface area contributed by atoms with Crippen molar-refractivity contribution in [3.63, 3.8) is 0 Å². The summed E-state index contributed by atoms with van der Waals surface area (Å²) in [6.45, 7) is 15.5. The van der Waals surface area contributed by atoms with Gasteiger partial charge in [0.1, 0.15) is 17.7 Å². The van der Waals surface area contributed by atoms with Crippen molar-refractivity contribution in [2.24, 2.45) is 5.92 Å². The van der Waals surface area contributed by atoms with Gasteiger partial charge in [0.2, 0.25) is 11.8 Å². The molecule has 2 aromatic rings. The van der Waals surface area contributed by atoms with Gasteiger partial charge in [0.15, 0.2) is 0 Å². The molecule has 2 N–H and O–H groups in total. The van der Waals surface area contributed by atoms with Crippen LogP contribution in [0.2, 0.25) is 0 Å². The fraction of sp³-hybridized carbons (Fsp3) is 0.516. The van der Waals surface area contributed by atoms with E-state index in [1.807, 2.05) is 95.3 Å². The SMILES string of the molecule is CCC(C)C(NC(=O)OC(C)(C)C)C(=O)N(C(C(=O)NCc1ccccc1)c1ccccc1)C(C)(C)CC. The fourth-order valence-electron chi connectivity index (χ4n) is 4.15. The summed E-state index contributed by atoms with van der Waals surface area (Å²) in [7, 11) is 0. The molecule has 0 aromatic heterocycles. The van der Waals surface area contributed by atoms with Crippen molar-refractivity contribution >= 4 is 17.9 Å². The average Bonchev–Trinajstić information content (AvgIpc) is 2.88. The summed E-state index contributed by atoms with van der Waals surface area (Å²) in [5, 5.41) is 5.86. The Morgan fingerprint density at radius 2 is 1.45 bits per heavy atom. The first-order chi connectivity index (χ1) is 17.8. The van der Waals surface area contributed by atoms with E-state index in [1.165, 1.54) is 0 Å². The van der Waals surface area contributed by atoms with Crippen LogP contribution in [0.4, 0.5) is 4.79 Å². The van der Waals surface area contributed by atoms with E-state index in [0.29, 0.717) is 24.9 Å². The van der Waals surface area contributed by atoms with Crippen LogP contribution in [0.3, 0.4) is 0 Å². The van der Waals surface area contributed by atoms with E-state index in [9.17, 15) is 14.4 Å². The van der Waals surface area contributed by atoms with Crippen LogP contribution < -0.4 is 10.6 Å². The highest BCUT2D eigenvalue weighted by Crippen LogP contribution is 2.33. The Kier molecular flexibility index (Phi) is 10.9. The minimum atomic E-state index is -0.894. The van der Waals surface area contributed by atoms with Crippen molar-refractivity contribution in [3.8, 4) is 0 Å². The van der Waals surface area contributed by atoms with Crippen molar-refractivity contribution < 1.29 is 19.1 Å². The van der Waals surface area contributed by atoms with Crippen LogP contribution in [0.5, 0.6) is 0 Å². The zero-order chi connectivity index (χ0) is 28.5. The Hall–Kier alpha value is -3.35. The van der Waals surface area contributed by atoms with Crippen molar-refractivity contribution in [3.05, 3.63) is 71.8 Å². The lowest BCUT2D eigenvalue weighted by Crippen LogP contribution is -2.60. The Labute approximate surface area is 228 Å². The minimum Gasteiger partial charge on any atom is -0.444 e. The molecule has 0 radical (unpaired) electrons. The predicted molar refractivity (Wildman–Crippen MR) is 151 cm³/mol. The lowest BCUT2D eigenvalue weighted by molar-refractivity contribution is -0.150. The number of rotatable bonds is 11. The van der Waals surface area contributed by atoms with E-state index in [1.54, 1.807) is 25.7 Å². The Morgan fingerprint density at radius 1 is 0.895 bits per heavy atom. The van der Waals surface area contributed by atoms with Gasteiger partial charge in [-0.05, 0) is 58.1 Å². The Balaban J connectivity index is 2.54. The smallest absolute Gasteiger partial charge is 0.408 e. The Morgan fingerprint density at radius 3 is 1.95 bits per heavy atom. The summed E-state index contributed by atoms with van der Waals surface area (Å²) in [6, 6.07) is 17.2. The zero-order valence-electron chi connectivity index (χ0n) is 24.2. The molecule has 3 atom stereocenters. The lowest BCUT2D eigenvalue weighted by atomic mass is 9.89. The summed E-state index contributed by atoms with van der Waals surface area (Å²) in [6.07, 6.45) is 0.603. The molecule has 0 saturated carbocycles. The first kappa shape index (κ1) is 30.9. The second kappa shape index (κ2) is 13.4. The molecule has 2 rings (SSSR count). The van der Waals surface area contributed by atoms with Crippen LogP contribution in [0.15, 0.2) is 60.7 Å². The van der Waals surface area contributed by atoms with E-state index in [0.717, 1.165) is 5.56 Å². The highest BCUT2D eigenvalue weighted by molar-refractivity contribution is 5.92. The molecular weight excluding hydrogens is 478 g/mol. The van der Waals surface area contributed by atoms with Gasteiger partial charge in [-0.15, -0.1) is 0 Å². The second-order valence-corrected chi connectivity index (χ2v) is 11.4. The van der Waals surface area contributed by atoms with Gasteiger partial charge in [-0.1, -0.05) is 87.9 Å². The number of carbonyl (C=O) groups excluding carboxylic acids is 3. The number of amides is 3. The lowest BCUT2D eigenvalue weighted by Gasteiger charge is -2.45. The van der Waals surface area contributed by atoms with E-state index in [-0.39, 0.29) is 17.7 Å². The molecule has 0 aliphatic rings. The van der Waals surface area contributed by atoms with E-state index in [4.69, 9.17) is 4.74 Å². The summed E-state index contributed by atoms with van der Waals surface area (Å²) < 4.78 is 5.48. The standard InChI is InChI=1S/C31H45N3O4/c1-9-22(3)25(33-29(37)38-30(4,5)6)28(36)34(31(7,8)10-2)26(24-19-15-12-16-20-24)27(35)32-21-23-17-13-11-14-18-23/h11-20,22,25-26H,9-10,21H2,1-8H3,(H,32,35)(H,33,37). The summed E-state index contributed by atoms with van der Waals surface area (Å²) in [5.74, 6) is -0.787. The predicted octanol–water partition coefficient (Wildman–Crippen LogP) is 6.00. The van der Waals surface area contributed by atoms with Crippen molar-refractivity contribution in [2.75, 3.05) is 0 Å². The van der Waals surface area contributed by atoms with Gasteiger partial charge in [0.05, 0.1) is 0 Å². The van der Waals surface area contributed by atoms with Crippen molar-refractivity contribution in [1.29, 1.82) is 0 Å². The molecule has 2 aromatic carbocycles. The monoisotopic (exact) mass is 523 g/mol. The molecule has 0 saturated heterocycles. The quantitative estimate of drug-likeness (QED) is 0.378. The Bertz CT molecular complexity index is 1050. The van der Waals surface area contributed by atoms with E-state index < -0.39 is 29.3 Å². The van der Waals surface area contributed by atoms with Gasteiger partial charge in [-0.3, -0.25) is 9.59 Å². The number of nitrogens with zero attached hydrogens (tertiary/aromatic N) is 1. The molecule has 0 aliphatic carbocycles. The maximum atomic E-state index is 14.4. The first-order valence-corrected chi connectivity index (χ1v) is 13.5. The molecule has 7 nitrogen and oxygen atoms in total. The maximum absolute atomic E-state index is 14.4. The van der Waals surface area contributed by atoms with Gasteiger partial charge in [-0.2, -0.15) is 0 Å². The van der Waals surface area contributed by atoms with Gasteiger partial charge in [0, 0.05) is 12.1 Å². The third-order valence-corrected chi connectivity index (χ3v) is 6.84. The number of ether oxygens (including phenoxy) is 1. The molecule has 7 heteroatoms. The third-order valence-electron chi connectivity index (χ3n) is 6.84. The average molecular weight is 524 g/mol. The second-order valence-electron chi connectivity index (χ2n) is 11.4. The number of hydrogen-bond acceptors (Lipinski definition) is 4. The largest absolute Gasteiger partial charge is 0.444 e. The van der Waals surface area contributed by atoms with Crippen LogP contribution in [-0.4, -0.2) is 40.0 Å². The fourth-order valence-corrected chi connectivity index (χ4v) is 4.15. The van der Waals surface area contributed by atoms with Crippen molar-refractivity contribution in [2.45, 2.75) is 98.0 Å². The van der Waals surface area contributed by atoms with Crippen LogP contribution in [-0.2, 0) is 20.9 Å². The van der Waals surface area contributed by atoms with Gasteiger partial charge < -0.3 is 20.3 Å². The topological polar surface area (TPSA) is 87.7 Å². The summed E-state index contributed by atoms with van der Waals surface area (Å²) in [4.78, 5) is 42.7. The molecule has 3 amide bonds. The number of alkyl carbamates (subject to hydrolysis) is 1. The van der Waals surface area contributed by atoms with Gasteiger partial charge in [0.25, 0.3) is 0 Å². The maximum Gasteiger partial charge on any atom is 0.408 e. The highest BCUT2D eigenvalue weighted by atomic mass is 16.6. The number of nitrogens with one attached hydrogen (secondary N) is 2. The molecule has 0 bridgehead atoms. The highest BCUT2D eigenvalue weighted by Gasteiger charge is 2.44. The summed E-state index contributed by atoms with van der Waals surface area (Å²) >= 11 is 0. The molecular formula is C31H45N3O4. The van der Waals surface area contributed by atoms with Gasteiger partial charge >= 0.3 is 6.09 Å². The first-order valence-electron chi connectivity index (χ1n) is 13.5. The molecule has 3 unspecified atom stereocenters. The van der Waals surface area contributed by atoms with E-state index >= 15 is 0 Å². The van der Waals surface area contributed by atoms with Crippen LogP contribution in [0.1, 0.15) is 85.4 Å². The van der Waals surface area contributed by atoms with Crippen LogP contribution in [0, 0.1) is 5.92 Å². The summed E-state index contributed by atoms with van der Waals surface area (Å²) in [5.41, 5.74) is 0.264. The third kappa shape index (κ3) is 8.61. The molecule has 0 heterocycles. The van der Waals surface area contributed by atoms with Crippen LogP contribution >= 0.6 is 0 Å². The van der Waals surface area contributed by atoms with E-state index in [2.05, 4.69) is 10.6 Å². The molecule has 0 aliphatic heterocycles. The minimum absolute atomic E-state index is 0.186. The molecule has 0 spiro atoms. The molecule has 0 fully saturated rings. The number of carbonyl (C=O) groups is 3. The van der Waals surface area contributed by atoms with Crippen LogP contribution in [0.25, 0.3) is 0 Å². The number of hydrogen-bond donors (Lipinski definition) is 2. The number of benzene rings is 2. The van der Waals surface area contributed by atoms with Crippen molar-refractivity contribution in [1.82, 2.24) is 15.5 Å².